The molecule has 1 aliphatic heterocycles. The summed E-state index contributed by atoms with van der Waals surface area (Å²) in [5.74, 6) is 0. The lowest BCUT2D eigenvalue weighted by Gasteiger charge is -2.42. The van der Waals surface area contributed by atoms with Gasteiger partial charge in [0.15, 0.2) is 0 Å². The van der Waals surface area contributed by atoms with E-state index in [1.807, 2.05) is 0 Å². The van der Waals surface area contributed by atoms with Gasteiger partial charge in [-0.1, -0.05) is 0 Å². The number of hydrogen-bond donors (Lipinski definition) is 0. The van der Waals surface area contributed by atoms with E-state index < -0.39 is 48.8 Å². The molecule has 0 spiro atoms. The second kappa shape index (κ2) is 11.2. The standard InChI is InChI=1S/C16H28N4O8S2/c1-9(2)25-13(21)17-18(14(22)26-10(3)4)30-20(16(24)28-12(7)8)19(29-17)15(23)27-11(5)6/h9-12H,1-8H3. The van der Waals surface area contributed by atoms with Gasteiger partial charge >= 0.3 is 24.4 Å². The average Bonchev–Trinajstić information content (AvgIpc) is 2.58. The van der Waals surface area contributed by atoms with E-state index in [1.165, 1.54) is 0 Å². The van der Waals surface area contributed by atoms with Gasteiger partial charge in [0.1, 0.15) is 24.3 Å². The average molecular weight is 469 g/mol. The van der Waals surface area contributed by atoms with Crippen LogP contribution in [0.2, 0.25) is 0 Å². The van der Waals surface area contributed by atoms with Crippen LogP contribution in [0.15, 0.2) is 0 Å². The molecule has 0 aromatic rings. The topological polar surface area (TPSA) is 118 Å². The van der Waals surface area contributed by atoms with Crippen LogP contribution >= 0.6 is 24.3 Å². The number of rotatable bonds is 4. The van der Waals surface area contributed by atoms with Crippen LogP contribution in [0.5, 0.6) is 0 Å². The van der Waals surface area contributed by atoms with Gasteiger partial charge in [0.25, 0.3) is 0 Å². The van der Waals surface area contributed by atoms with Crippen molar-refractivity contribution in [1.82, 2.24) is 17.7 Å². The molecule has 12 nitrogen and oxygen atoms in total. The Morgan fingerprint density at radius 1 is 0.467 bits per heavy atom. The summed E-state index contributed by atoms with van der Waals surface area (Å²) in [7, 11) is 0. The molecule has 0 aromatic heterocycles. The van der Waals surface area contributed by atoms with Crippen molar-refractivity contribution in [3.05, 3.63) is 0 Å². The third-order valence-electron chi connectivity index (χ3n) is 2.61. The zero-order chi connectivity index (χ0) is 23.2. The van der Waals surface area contributed by atoms with E-state index in [2.05, 4.69) is 0 Å². The molecule has 1 saturated heterocycles. The van der Waals surface area contributed by atoms with Crippen molar-refractivity contribution < 1.29 is 38.1 Å². The number of carbonyl (C=O) groups is 4. The lowest BCUT2D eigenvalue weighted by Crippen LogP contribution is -2.57. The first-order valence-electron chi connectivity index (χ1n) is 9.22. The van der Waals surface area contributed by atoms with E-state index in [4.69, 9.17) is 18.9 Å². The monoisotopic (exact) mass is 468 g/mol. The molecule has 0 atom stereocenters. The van der Waals surface area contributed by atoms with Crippen molar-refractivity contribution in [2.45, 2.75) is 79.8 Å². The van der Waals surface area contributed by atoms with Crippen molar-refractivity contribution in [1.29, 1.82) is 0 Å². The van der Waals surface area contributed by atoms with Gasteiger partial charge in [0.2, 0.25) is 0 Å². The summed E-state index contributed by atoms with van der Waals surface area (Å²) >= 11 is 0.811. The van der Waals surface area contributed by atoms with Gasteiger partial charge in [0, 0.05) is 0 Å². The normalized spacial score (nSPS) is 14.5. The fourth-order valence-electron chi connectivity index (χ4n) is 1.70. The fraction of sp³-hybridized carbons (Fsp3) is 0.750. The van der Waals surface area contributed by atoms with Crippen LogP contribution in [0.25, 0.3) is 0 Å². The summed E-state index contributed by atoms with van der Waals surface area (Å²) in [6, 6.07) is 0. The Balaban J connectivity index is 3.29. The summed E-state index contributed by atoms with van der Waals surface area (Å²) in [5.41, 5.74) is 0. The van der Waals surface area contributed by atoms with Crippen LogP contribution in [-0.2, 0) is 18.9 Å². The van der Waals surface area contributed by atoms with E-state index >= 15 is 0 Å². The van der Waals surface area contributed by atoms with E-state index in [9.17, 15) is 19.2 Å². The minimum absolute atomic E-state index is 0.406. The van der Waals surface area contributed by atoms with Crippen LogP contribution in [0.1, 0.15) is 55.4 Å². The molecule has 0 radical (unpaired) electrons. The van der Waals surface area contributed by atoms with E-state index in [1.54, 1.807) is 55.4 Å². The van der Waals surface area contributed by atoms with Gasteiger partial charge in [-0.3, -0.25) is 0 Å². The molecular weight excluding hydrogens is 440 g/mol. The number of ether oxygens (including phenoxy) is 4. The van der Waals surface area contributed by atoms with Crippen molar-refractivity contribution in [3.63, 3.8) is 0 Å². The number of nitrogens with zero attached hydrogens (tertiary/aromatic N) is 4. The second-order valence-corrected chi connectivity index (χ2v) is 8.70. The van der Waals surface area contributed by atoms with Gasteiger partial charge < -0.3 is 18.9 Å². The van der Waals surface area contributed by atoms with Gasteiger partial charge in [-0.15, -0.1) is 17.7 Å². The Labute approximate surface area is 184 Å². The maximum absolute atomic E-state index is 12.6. The lowest BCUT2D eigenvalue weighted by molar-refractivity contribution is 0.0190. The Kier molecular flexibility index (Phi) is 9.68. The van der Waals surface area contributed by atoms with Gasteiger partial charge in [0.05, 0.1) is 24.4 Å². The van der Waals surface area contributed by atoms with Crippen molar-refractivity contribution in [3.8, 4) is 0 Å². The summed E-state index contributed by atoms with van der Waals surface area (Å²) in [6.07, 6.45) is -5.86. The molecule has 0 unspecified atom stereocenters. The van der Waals surface area contributed by atoms with Crippen molar-refractivity contribution in [2.24, 2.45) is 0 Å². The highest BCUT2D eigenvalue weighted by Crippen LogP contribution is 2.39. The van der Waals surface area contributed by atoms with Crippen molar-refractivity contribution >= 4 is 48.6 Å². The summed E-state index contributed by atoms with van der Waals surface area (Å²) in [4.78, 5) is 50.2. The summed E-state index contributed by atoms with van der Waals surface area (Å²) in [6.45, 7) is 12.9. The quantitative estimate of drug-likeness (QED) is 0.435. The Hall–Kier alpha value is -2.22. The fourth-order valence-corrected chi connectivity index (χ4v) is 3.32. The molecule has 0 aromatic carbocycles. The maximum Gasteiger partial charge on any atom is 0.442 e. The third-order valence-corrected chi connectivity index (χ3v) is 4.69. The summed E-state index contributed by atoms with van der Waals surface area (Å²) in [5, 5.41) is 0. The molecule has 30 heavy (non-hydrogen) atoms. The highest BCUT2D eigenvalue weighted by molar-refractivity contribution is 8.01. The molecule has 1 aliphatic rings. The van der Waals surface area contributed by atoms with E-state index in [0.717, 1.165) is 17.7 Å². The highest BCUT2D eigenvalue weighted by Gasteiger charge is 2.47. The number of hydrazine groups is 2. The lowest BCUT2D eigenvalue weighted by atomic mass is 10.5. The molecule has 4 amide bonds. The molecule has 172 valence electrons. The maximum atomic E-state index is 12.6. The predicted molar refractivity (Wildman–Crippen MR) is 109 cm³/mol. The van der Waals surface area contributed by atoms with Crippen LogP contribution < -0.4 is 0 Å². The number of hydrogen-bond acceptors (Lipinski definition) is 10. The van der Waals surface area contributed by atoms with Crippen LogP contribution in [-0.4, -0.2) is 66.4 Å². The van der Waals surface area contributed by atoms with Gasteiger partial charge in [-0.2, -0.15) is 0 Å². The predicted octanol–water partition coefficient (Wildman–Crippen LogP) is 4.34. The van der Waals surface area contributed by atoms with Crippen LogP contribution in [0.4, 0.5) is 19.2 Å². The molecular formula is C16H28N4O8S2. The zero-order valence-electron chi connectivity index (χ0n) is 18.2. The number of carbonyl (C=O) groups excluding carboxylic acids is 4. The highest BCUT2D eigenvalue weighted by atomic mass is 32.2. The Morgan fingerprint density at radius 2 is 0.633 bits per heavy atom. The minimum atomic E-state index is -0.956. The van der Waals surface area contributed by atoms with Crippen LogP contribution in [0, 0.1) is 0 Å². The molecule has 0 saturated carbocycles. The molecule has 1 fully saturated rings. The zero-order valence-corrected chi connectivity index (χ0v) is 19.8. The first-order valence-corrected chi connectivity index (χ1v) is 10.7. The number of amides is 4. The minimum Gasteiger partial charge on any atom is -0.445 e. The molecule has 1 heterocycles. The molecule has 0 N–H and O–H groups in total. The Bertz CT molecular complexity index is 541. The van der Waals surface area contributed by atoms with Crippen LogP contribution in [0.3, 0.4) is 0 Å². The molecule has 1 rings (SSSR count). The molecule has 0 aliphatic carbocycles. The van der Waals surface area contributed by atoms with Crippen molar-refractivity contribution in [2.75, 3.05) is 0 Å². The third kappa shape index (κ3) is 7.55. The largest absolute Gasteiger partial charge is 0.445 e. The first-order chi connectivity index (χ1) is 13.8. The van der Waals surface area contributed by atoms with Gasteiger partial charge in [-0.25, -0.2) is 19.2 Å². The van der Waals surface area contributed by atoms with E-state index in [-0.39, 0.29) is 0 Å². The Morgan fingerprint density at radius 3 is 0.767 bits per heavy atom. The summed E-state index contributed by atoms with van der Waals surface area (Å²) < 4.78 is 23.5. The molecule has 14 heteroatoms. The molecule has 0 bridgehead atoms. The van der Waals surface area contributed by atoms with E-state index in [0.29, 0.717) is 24.3 Å². The SMILES string of the molecule is CC(C)OC(=O)N1SN(C(=O)OC(C)C)N(C(=O)OC(C)C)SN1C(=O)OC(C)C. The smallest absolute Gasteiger partial charge is 0.442 e. The van der Waals surface area contributed by atoms with Gasteiger partial charge in [-0.05, 0) is 55.4 Å². The second-order valence-electron chi connectivity index (χ2n) is 6.99. The first kappa shape index (κ1) is 25.8.